The summed E-state index contributed by atoms with van der Waals surface area (Å²) in [4.78, 5) is 18.2. The molecule has 7 heteroatoms. The van der Waals surface area contributed by atoms with Crippen molar-refractivity contribution in [1.29, 1.82) is 0 Å². The number of carbonyl (C=O) groups excluding carboxylic acids is 1. The molecule has 0 saturated carbocycles. The second-order valence-electron chi connectivity index (χ2n) is 6.93. The zero-order valence-corrected chi connectivity index (χ0v) is 15.3. The van der Waals surface area contributed by atoms with E-state index in [1.807, 2.05) is 18.2 Å². The minimum atomic E-state index is -0.719. The molecule has 6 nitrogen and oxygen atoms in total. The minimum Gasteiger partial charge on any atom is -0.374 e. The number of benzene rings is 1. The van der Waals surface area contributed by atoms with Gasteiger partial charge in [0.15, 0.2) is 0 Å². The molecule has 1 aliphatic rings. The van der Waals surface area contributed by atoms with E-state index < -0.39 is 6.23 Å². The van der Waals surface area contributed by atoms with Crippen molar-refractivity contribution in [2.24, 2.45) is 0 Å². The topological polar surface area (TPSA) is 71.2 Å². The van der Waals surface area contributed by atoms with E-state index in [4.69, 9.17) is 0 Å². The molecule has 1 saturated heterocycles. The average molecular weight is 380 g/mol. The van der Waals surface area contributed by atoms with E-state index >= 15 is 0 Å². The van der Waals surface area contributed by atoms with Gasteiger partial charge in [-0.25, -0.2) is 4.39 Å². The number of amides is 1. The minimum absolute atomic E-state index is 0.0542. The average Bonchev–Trinajstić information content (AvgIpc) is 3.31. The Morgan fingerprint density at radius 3 is 2.61 bits per heavy atom. The summed E-state index contributed by atoms with van der Waals surface area (Å²) in [6.45, 7) is 0.616. The third kappa shape index (κ3) is 3.94. The van der Waals surface area contributed by atoms with Gasteiger partial charge in [-0.15, -0.1) is 0 Å². The van der Waals surface area contributed by atoms with Crippen LogP contribution >= 0.6 is 0 Å². The maximum absolute atomic E-state index is 13.2. The predicted octanol–water partition coefficient (Wildman–Crippen LogP) is 2.62. The molecule has 1 aromatic carbocycles. The van der Waals surface area contributed by atoms with E-state index in [-0.39, 0.29) is 18.3 Å². The number of halogens is 1. The summed E-state index contributed by atoms with van der Waals surface area (Å²) in [6, 6.07) is 12.0. The molecule has 3 heterocycles. The largest absolute Gasteiger partial charge is 0.374 e. The van der Waals surface area contributed by atoms with Crippen molar-refractivity contribution in [1.82, 2.24) is 19.7 Å². The number of hydrogen-bond donors (Lipinski definition) is 1. The molecule has 4 rings (SSSR count). The van der Waals surface area contributed by atoms with Gasteiger partial charge in [-0.05, 0) is 48.7 Å². The van der Waals surface area contributed by atoms with Gasteiger partial charge in [-0.1, -0.05) is 12.1 Å². The summed E-state index contributed by atoms with van der Waals surface area (Å²) in [5.74, 6) is -0.442. The Balaban J connectivity index is 1.63. The number of aromatic nitrogens is 3. The highest BCUT2D eigenvalue weighted by Crippen LogP contribution is 2.22. The third-order valence-corrected chi connectivity index (χ3v) is 4.96. The van der Waals surface area contributed by atoms with E-state index in [1.165, 1.54) is 17.0 Å². The highest BCUT2D eigenvalue weighted by atomic mass is 19.1. The molecule has 0 spiro atoms. The Hall–Kier alpha value is -3.06. The van der Waals surface area contributed by atoms with Gasteiger partial charge in [0.2, 0.25) is 5.91 Å². The number of nitrogens with zero attached hydrogens (tertiary/aromatic N) is 4. The molecule has 0 bridgehead atoms. The first kappa shape index (κ1) is 18.3. The van der Waals surface area contributed by atoms with Crippen molar-refractivity contribution < 1.29 is 14.3 Å². The van der Waals surface area contributed by atoms with Crippen molar-refractivity contribution in [3.05, 3.63) is 71.9 Å². The Morgan fingerprint density at radius 1 is 1.18 bits per heavy atom. The van der Waals surface area contributed by atoms with Gasteiger partial charge >= 0.3 is 0 Å². The Labute approximate surface area is 162 Å². The SMILES string of the molecule is O=C(Cn1nc(-c2ccncc2)cc1Cc1ccc(F)cc1)N1CCCC1O. The van der Waals surface area contributed by atoms with Gasteiger partial charge in [-0.3, -0.25) is 14.5 Å². The molecule has 3 aromatic rings. The molecule has 2 aromatic heterocycles. The second kappa shape index (κ2) is 7.90. The summed E-state index contributed by atoms with van der Waals surface area (Å²) in [5, 5.41) is 14.6. The quantitative estimate of drug-likeness (QED) is 0.739. The molecule has 0 radical (unpaired) electrons. The van der Waals surface area contributed by atoms with Crippen molar-refractivity contribution in [3.8, 4) is 11.3 Å². The van der Waals surface area contributed by atoms with Crippen LogP contribution in [0.15, 0.2) is 54.9 Å². The lowest BCUT2D eigenvalue weighted by Crippen LogP contribution is -2.38. The lowest BCUT2D eigenvalue weighted by Gasteiger charge is -2.20. The zero-order chi connectivity index (χ0) is 19.5. The maximum atomic E-state index is 13.2. The van der Waals surface area contributed by atoms with Crippen LogP contribution in [0.3, 0.4) is 0 Å². The monoisotopic (exact) mass is 380 g/mol. The van der Waals surface area contributed by atoms with Gasteiger partial charge in [0.05, 0.1) is 5.69 Å². The summed E-state index contributed by atoms with van der Waals surface area (Å²) in [7, 11) is 0. The van der Waals surface area contributed by atoms with Gasteiger partial charge in [0, 0.05) is 36.6 Å². The van der Waals surface area contributed by atoms with Crippen LogP contribution in [0.1, 0.15) is 24.1 Å². The molecule has 1 unspecified atom stereocenters. The highest BCUT2D eigenvalue weighted by Gasteiger charge is 2.27. The van der Waals surface area contributed by atoms with Gasteiger partial charge in [0.1, 0.15) is 18.6 Å². The summed E-state index contributed by atoms with van der Waals surface area (Å²) in [6.07, 6.45) is 4.60. The second-order valence-corrected chi connectivity index (χ2v) is 6.93. The van der Waals surface area contributed by atoms with E-state index in [0.29, 0.717) is 19.4 Å². The smallest absolute Gasteiger partial charge is 0.246 e. The molecule has 1 fully saturated rings. The Bertz CT molecular complexity index is 956. The molecule has 28 heavy (non-hydrogen) atoms. The van der Waals surface area contributed by atoms with Crippen molar-refractivity contribution in [3.63, 3.8) is 0 Å². The number of rotatable bonds is 5. The number of hydrogen-bond acceptors (Lipinski definition) is 4. The fourth-order valence-electron chi connectivity index (χ4n) is 3.47. The molecule has 0 aliphatic carbocycles. The van der Waals surface area contributed by atoms with Crippen LogP contribution in [0.2, 0.25) is 0 Å². The fourth-order valence-corrected chi connectivity index (χ4v) is 3.47. The molecule has 144 valence electrons. The standard InChI is InChI=1S/C21H21FN4O2/c22-17-5-3-15(4-6-17)12-18-13-19(16-7-9-23-10-8-16)24-26(18)14-21(28)25-11-1-2-20(25)27/h3-10,13,20,27H,1-2,11-12,14H2. The number of aliphatic hydroxyl groups excluding tert-OH is 1. The van der Waals surface area contributed by atoms with Crippen molar-refractivity contribution >= 4 is 5.91 Å². The van der Waals surface area contributed by atoms with E-state index in [1.54, 1.807) is 29.2 Å². The highest BCUT2D eigenvalue weighted by molar-refractivity contribution is 5.76. The molecule has 1 atom stereocenters. The molecular weight excluding hydrogens is 359 g/mol. The van der Waals surface area contributed by atoms with Crippen LogP contribution in [0, 0.1) is 5.82 Å². The van der Waals surface area contributed by atoms with Crippen LogP contribution < -0.4 is 0 Å². The first-order chi connectivity index (χ1) is 13.6. The summed E-state index contributed by atoms with van der Waals surface area (Å²) in [5.41, 5.74) is 3.43. The lowest BCUT2D eigenvalue weighted by atomic mass is 10.1. The van der Waals surface area contributed by atoms with Crippen molar-refractivity contribution in [2.45, 2.75) is 32.0 Å². The van der Waals surface area contributed by atoms with E-state index in [9.17, 15) is 14.3 Å². The first-order valence-corrected chi connectivity index (χ1v) is 9.29. The zero-order valence-electron chi connectivity index (χ0n) is 15.3. The van der Waals surface area contributed by atoms with Crippen molar-refractivity contribution in [2.75, 3.05) is 6.54 Å². The first-order valence-electron chi connectivity index (χ1n) is 9.29. The summed E-state index contributed by atoms with van der Waals surface area (Å²) < 4.78 is 14.9. The summed E-state index contributed by atoms with van der Waals surface area (Å²) >= 11 is 0. The van der Waals surface area contributed by atoms with Crippen LogP contribution in [0.25, 0.3) is 11.3 Å². The van der Waals surface area contributed by atoms with Crippen LogP contribution in [-0.2, 0) is 17.8 Å². The van der Waals surface area contributed by atoms with Gasteiger partial charge in [0.25, 0.3) is 0 Å². The van der Waals surface area contributed by atoms with Gasteiger partial charge in [-0.2, -0.15) is 5.10 Å². The molecule has 1 N–H and O–H groups in total. The molecule has 1 amide bonds. The van der Waals surface area contributed by atoms with Crippen LogP contribution in [0.5, 0.6) is 0 Å². The number of aliphatic hydroxyl groups is 1. The van der Waals surface area contributed by atoms with E-state index in [0.717, 1.165) is 28.9 Å². The van der Waals surface area contributed by atoms with Crippen LogP contribution in [0.4, 0.5) is 4.39 Å². The molecule has 1 aliphatic heterocycles. The van der Waals surface area contributed by atoms with E-state index in [2.05, 4.69) is 10.1 Å². The molecular formula is C21H21FN4O2. The Kier molecular flexibility index (Phi) is 5.16. The number of carbonyl (C=O) groups is 1. The fraction of sp³-hybridized carbons (Fsp3) is 0.286. The number of pyridine rings is 1. The third-order valence-electron chi connectivity index (χ3n) is 4.96. The Morgan fingerprint density at radius 2 is 1.93 bits per heavy atom. The predicted molar refractivity (Wildman–Crippen MR) is 102 cm³/mol. The maximum Gasteiger partial charge on any atom is 0.246 e. The lowest BCUT2D eigenvalue weighted by molar-refractivity contribution is -0.138. The normalized spacial score (nSPS) is 16.5. The van der Waals surface area contributed by atoms with Gasteiger partial charge < -0.3 is 10.0 Å². The number of likely N-dealkylation sites (tertiary alicyclic amines) is 1. The van der Waals surface area contributed by atoms with Crippen LogP contribution in [-0.4, -0.2) is 43.5 Å².